The molecular weight excluding hydrogens is 357 g/mol. The topological polar surface area (TPSA) is 107 Å². The molecule has 8 nitrogen and oxygen atoms in total. The van der Waals surface area contributed by atoms with Gasteiger partial charge in [0.25, 0.3) is 5.69 Å². The Morgan fingerprint density at radius 2 is 2.12 bits per heavy atom. The number of amides is 1. The van der Waals surface area contributed by atoms with E-state index >= 15 is 0 Å². The Bertz CT molecular complexity index is 1060. The molecule has 0 unspecified atom stereocenters. The summed E-state index contributed by atoms with van der Waals surface area (Å²) in [6.45, 7) is -0.463. The number of anilines is 1. The summed E-state index contributed by atoms with van der Waals surface area (Å²) in [6.07, 6.45) is 0. The molecule has 0 fully saturated rings. The maximum Gasteiger partial charge on any atom is 0.420 e. The van der Waals surface area contributed by atoms with Gasteiger partial charge in [-0.05, 0) is 18.2 Å². The molecule has 1 aromatic heterocycles. The summed E-state index contributed by atoms with van der Waals surface area (Å²) in [7, 11) is 0. The zero-order chi connectivity index (χ0) is 18.1. The van der Waals surface area contributed by atoms with E-state index < -0.39 is 28.9 Å². The van der Waals surface area contributed by atoms with Gasteiger partial charge in [-0.15, -0.1) is 0 Å². The summed E-state index contributed by atoms with van der Waals surface area (Å²) in [5.74, 6) is -2.35. The number of nitro groups is 1. The second-order valence-electron chi connectivity index (χ2n) is 5.01. The lowest BCUT2D eigenvalue weighted by Gasteiger charge is -2.07. The minimum atomic E-state index is -0.864. The highest BCUT2D eigenvalue weighted by Gasteiger charge is 2.17. The van der Waals surface area contributed by atoms with Crippen LogP contribution in [0.2, 0.25) is 5.02 Å². The molecule has 0 aliphatic rings. The van der Waals surface area contributed by atoms with Crippen LogP contribution in [-0.2, 0) is 11.3 Å². The molecule has 0 aliphatic carbocycles. The Morgan fingerprint density at radius 3 is 2.84 bits per heavy atom. The molecule has 3 aromatic rings. The van der Waals surface area contributed by atoms with Crippen molar-refractivity contribution in [1.82, 2.24) is 4.57 Å². The van der Waals surface area contributed by atoms with E-state index in [9.17, 15) is 24.1 Å². The Balaban J connectivity index is 1.88. The van der Waals surface area contributed by atoms with Gasteiger partial charge in [0.2, 0.25) is 5.91 Å². The summed E-state index contributed by atoms with van der Waals surface area (Å²) in [5, 5.41) is 12.9. The van der Waals surface area contributed by atoms with Crippen molar-refractivity contribution in [3.05, 3.63) is 67.9 Å². The van der Waals surface area contributed by atoms with Gasteiger partial charge >= 0.3 is 5.76 Å². The number of oxazole rings is 1. The summed E-state index contributed by atoms with van der Waals surface area (Å²) in [5.41, 5.74) is -0.203. The van der Waals surface area contributed by atoms with Crippen molar-refractivity contribution in [2.24, 2.45) is 0 Å². The number of carbonyl (C=O) groups excluding carboxylic acids is 1. The molecule has 0 radical (unpaired) electrons. The van der Waals surface area contributed by atoms with Crippen molar-refractivity contribution in [3.8, 4) is 0 Å². The molecule has 10 heteroatoms. The third kappa shape index (κ3) is 3.22. The minimum Gasteiger partial charge on any atom is -0.407 e. The number of nitrogens with one attached hydrogen (secondary N) is 1. The van der Waals surface area contributed by atoms with Crippen LogP contribution in [0.3, 0.4) is 0 Å². The van der Waals surface area contributed by atoms with E-state index in [-0.39, 0.29) is 27.5 Å². The number of nitrogens with zero attached hydrogens (tertiary/aromatic N) is 2. The van der Waals surface area contributed by atoms with E-state index in [2.05, 4.69) is 5.32 Å². The number of fused-ring (bicyclic) bond motifs is 1. The highest BCUT2D eigenvalue weighted by molar-refractivity contribution is 6.31. The van der Waals surface area contributed by atoms with E-state index in [1.807, 2.05) is 0 Å². The molecule has 1 N–H and O–H groups in total. The molecule has 1 amide bonds. The summed E-state index contributed by atoms with van der Waals surface area (Å²) >= 11 is 5.63. The maximum atomic E-state index is 13.8. The summed E-state index contributed by atoms with van der Waals surface area (Å²) < 4.78 is 19.7. The van der Waals surface area contributed by atoms with Crippen molar-refractivity contribution < 1.29 is 18.5 Å². The molecule has 0 spiro atoms. The first-order chi connectivity index (χ1) is 11.9. The van der Waals surface area contributed by atoms with Gasteiger partial charge in [-0.25, -0.2) is 9.18 Å². The lowest BCUT2D eigenvalue weighted by molar-refractivity contribution is -0.384. The number of non-ortho nitro benzene ring substituents is 1. The maximum absolute atomic E-state index is 13.8. The lowest BCUT2D eigenvalue weighted by Crippen LogP contribution is -2.25. The van der Waals surface area contributed by atoms with Crippen LogP contribution >= 0.6 is 11.6 Å². The number of benzene rings is 2. The number of aromatic nitrogens is 1. The summed E-state index contributed by atoms with van der Waals surface area (Å²) in [4.78, 5) is 34.1. The van der Waals surface area contributed by atoms with Crippen molar-refractivity contribution in [2.75, 3.05) is 5.32 Å². The molecule has 0 bridgehead atoms. The van der Waals surface area contributed by atoms with Crippen molar-refractivity contribution >= 4 is 40.0 Å². The molecular formula is C15H9ClFN3O5. The van der Waals surface area contributed by atoms with E-state index in [1.165, 1.54) is 30.3 Å². The quantitative estimate of drug-likeness (QED) is 0.565. The average molecular weight is 366 g/mol. The monoisotopic (exact) mass is 365 g/mol. The average Bonchev–Trinajstić information content (AvgIpc) is 2.86. The smallest absolute Gasteiger partial charge is 0.407 e. The molecule has 0 aliphatic heterocycles. The number of hydrogen-bond acceptors (Lipinski definition) is 5. The van der Waals surface area contributed by atoms with Gasteiger partial charge < -0.3 is 9.73 Å². The first-order valence-electron chi connectivity index (χ1n) is 6.88. The zero-order valence-electron chi connectivity index (χ0n) is 12.4. The lowest BCUT2D eigenvalue weighted by atomic mass is 10.3. The van der Waals surface area contributed by atoms with Crippen molar-refractivity contribution in [2.45, 2.75) is 6.54 Å². The molecule has 0 saturated heterocycles. The van der Waals surface area contributed by atoms with Crippen molar-refractivity contribution in [1.29, 1.82) is 0 Å². The second kappa shape index (κ2) is 6.36. The third-order valence-electron chi connectivity index (χ3n) is 3.39. The van der Waals surface area contributed by atoms with Gasteiger partial charge in [-0.1, -0.05) is 17.7 Å². The highest BCUT2D eigenvalue weighted by atomic mass is 35.5. The van der Waals surface area contributed by atoms with Gasteiger partial charge in [0.05, 0.1) is 27.2 Å². The second-order valence-corrected chi connectivity index (χ2v) is 5.42. The third-order valence-corrected chi connectivity index (χ3v) is 3.68. The van der Waals surface area contributed by atoms with Gasteiger partial charge in [0.15, 0.2) is 11.4 Å². The Labute approximate surface area is 143 Å². The van der Waals surface area contributed by atoms with Crippen LogP contribution in [0.1, 0.15) is 0 Å². The van der Waals surface area contributed by atoms with Crippen LogP contribution < -0.4 is 11.1 Å². The molecule has 2 aromatic carbocycles. The minimum absolute atomic E-state index is 0.0269. The largest absolute Gasteiger partial charge is 0.420 e. The number of halogens is 2. The summed E-state index contributed by atoms with van der Waals surface area (Å²) in [6, 6.07) is 7.67. The van der Waals surface area contributed by atoms with Crippen molar-refractivity contribution in [3.63, 3.8) is 0 Å². The number of carbonyl (C=O) groups is 1. The predicted octanol–water partition coefficient (Wildman–Crippen LogP) is 2.93. The van der Waals surface area contributed by atoms with Gasteiger partial charge in [-0.3, -0.25) is 19.5 Å². The Morgan fingerprint density at radius 1 is 1.36 bits per heavy atom. The van der Waals surface area contributed by atoms with Crippen LogP contribution in [0.5, 0.6) is 0 Å². The first kappa shape index (κ1) is 16.7. The van der Waals surface area contributed by atoms with E-state index in [4.69, 9.17) is 16.0 Å². The van der Waals surface area contributed by atoms with Crippen LogP contribution in [0.4, 0.5) is 15.8 Å². The van der Waals surface area contributed by atoms with Gasteiger partial charge in [0.1, 0.15) is 6.54 Å². The zero-order valence-corrected chi connectivity index (χ0v) is 13.1. The molecule has 3 rings (SSSR count). The van der Waals surface area contributed by atoms with Gasteiger partial charge in [-0.2, -0.15) is 0 Å². The number of nitro benzene ring substituents is 1. The molecule has 0 atom stereocenters. The van der Waals surface area contributed by atoms with E-state index in [0.29, 0.717) is 0 Å². The standard InChI is InChI=1S/C15H9ClFN3O5/c16-9-2-1-3-10(14(9)17)18-13(21)7-19-11-5-4-8(20(23)24)6-12(11)25-15(19)22/h1-6H,7H2,(H,18,21). The van der Waals surface area contributed by atoms with Crippen LogP contribution in [0.15, 0.2) is 45.6 Å². The number of hydrogen-bond donors (Lipinski definition) is 1. The van der Waals surface area contributed by atoms with E-state index in [0.717, 1.165) is 10.6 Å². The Hall–Kier alpha value is -3.20. The molecule has 128 valence electrons. The molecule has 0 saturated carbocycles. The first-order valence-corrected chi connectivity index (χ1v) is 7.26. The fourth-order valence-corrected chi connectivity index (χ4v) is 2.43. The number of rotatable bonds is 4. The Kier molecular flexibility index (Phi) is 4.24. The highest BCUT2D eigenvalue weighted by Crippen LogP contribution is 2.23. The fourth-order valence-electron chi connectivity index (χ4n) is 2.25. The van der Waals surface area contributed by atoms with Gasteiger partial charge in [0, 0.05) is 6.07 Å². The fraction of sp³-hybridized carbons (Fsp3) is 0.0667. The molecule has 1 heterocycles. The SMILES string of the molecule is O=C(Cn1c(=O)oc2cc([N+](=O)[O-])ccc21)Nc1cccc(Cl)c1F. The predicted molar refractivity (Wildman–Crippen MR) is 87.2 cm³/mol. The van der Waals surface area contributed by atoms with Crippen LogP contribution in [0.25, 0.3) is 11.1 Å². The normalized spacial score (nSPS) is 10.8. The molecule has 25 heavy (non-hydrogen) atoms. The van der Waals surface area contributed by atoms with Crippen LogP contribution in [0, 0.1) is 15.9 Å². The van der Waals surface area contributed by atoms with E-state index in [1.54, 1.807) is 0 Å². The van der Waals surface area contributed by atoms with Crippen LogP contribution in [-0.4, -0.2) is 15.4 Å².